The van der Waals surface area contributed by atoms with Gasteiger partial charge in [-0.25, -0.2) is 8.42 Å². The fourth-order valence-corrected chi connectivity index (χ4v) is 4.19. The molecule has 0 radical (unpaired) electrons. The van der Waals surface area contributed by atoms with Crippen LogP contribution >= 0.6 is 15.9 Å². The first-order valence-electron chi connectivity index (χ1n) is 8.25. The van der Waals surface area contributed by atoms with Crippen LogP contribution in [-0.2, 0) is 16.6 Å². The standard InChI is InChI=1S/C19H20BrN3O3S/c1-13-19(22-27(24,25)18-9-7-16(20)8-10-18)14(2)23(21-13)12-15-5-4-6-17(11-15)26-3/h4-11,22H,12H2,1-3H3. The second kappa shape index (κ2) is 7.74. The molecule has 27 heavy (non-hydrogen) atoms. The summed E-state index contributed by atoms with van der Waals surface area (Å²) in [4.78, 5) is 0.199. The van der Waals surface area contributed by atoms with E-state index in [1.54, 1.807) is 43.0 Å². The van der Waals surface area contributed by atoms with Crippen molar-refractivity contribution in [3.8, 4) is 5.75 Å². The number of rotatable bonds is 6. The Balaban J connectivity index is 1.88. The van der Waals surface area contributed by atoms with Gasteiger partial charge in [-0.2, -0.15) is 5.10 Å². The highest BCUT2D eigenvalue weighted by Crippen LogP contribution is 2.25. The Kier molecular flexibility index (Phi) is 5.57. The van der Waals surface area contributed by atoms with E-state index in [1.807, 2.05) is 31.2 Å². The number of hydrogen-bond donors (Lipinski definition) is 1. The van der Waals surface area contributed by atoms with Crippen LogP contribution in [0.25, 0.3) is 0 Å². The fraction of sp³-hybridized carbons (Fsp3) is 0.211. The predicted octanol–water partition coefficient (Wildman–Crippen LogP) is 4.12. The van der Waals surface area contributed by atoms with Crippen LogP contribution in [0.15, 0.2) is 57.9 Å². The maximum atomic E-state index is 12.7. The first-order chi connectivity index (χ1) is 12.8. The van der Waals surface area contributed by atoms with Gasteiger partial charge in [0.25, 0.3) is 10.0 Å². The second-order valence-electron chi connectivity index (χ2n) is 6.11. The average molecular weight is 450 g/mol. The van der Waals surface area contributed by atoms with E-state index >= 15 is 0 Å². The Morgan fingerprint density at radius 2 is 1.85 bits per heavy atom. The van der Waals surface area contributed by atoms with E-state index < -0.39 is 10.0 Å². The predicted molar refractivity (Wildman–Crippen MR) is 109 cm³/mol. The molecule has 142 valence electrons. The molecule has 8 heteroatoms. The number of aromatic nitrogens is 2. The van der Waals surface area contributed by atoms with Gasteiger partial charge in [0.2, 0.25) is 0 Å². The van der Waals surface area contributed by atoms with E-state index in [4.69, 9.17) is 4.74 Å². The lowest BCUT2D eigenvalue weighted by Crippen LogP contribution is -2.14. The minimum atomic E-state index is -3.69. The summed E-state index contributed by atoms with van der Waals surface area (Å²) < 4.78 is 35.9. The van der Waals surface area contributed by atoms with Gasteiger partial charge in [-0.15, -0.1) is 0 Å². The number of benzene rings is 2. The molecule has 0 bridgehead atoms. The van der Waals surface area contributed by atoms with Crippen LogP contribution in [0.2, 0.25) is 0 Å². The van der Waals surface area contributed by atoms with Crippen molar-refractivity contribution in [3.05, 3.63) is 70.0 Å². The summed E-state index contributed by atoms with van der Waals surface area (Å²) in [5, 5.41) is 4.49. The third-order valence-electron chi connectivity index (χ3n) is 4.21. The van der Waals surface area contributed by atoms with Gasteiger partial charge in [-0.3, -0.25) is 9.40 Å². The Bertz CT molecular complexity index is 1060. The summed E-state index contributed by atoms with van der Waals surface area (Å²) in [6.07, 6.45) is 0. The lowest BCUT2D eigenvalue weighted by atomic mass is 10.2. The summed E-state index contributed by atoms with van der Waals surface area (Å²) in [6.45, 7) is 4.15. The first-order valence-corrected chi connectivity index (χ1v) is 10.5. The third-order valence-corrected chi connectivity index (χ3v) is 6.10. The largest absolute Gasteiger partial charge is 0.497 e. The lowest BCUT2D eigenvalue weighted by Gasteiger charge is -2.10. The van der Waals surface area contributed by atoms with Crippen molar-refractivity contribution in [2.24, 2.45) is 0 Å². The van der Waals surface area contributed by atoms with Crippen molar-refractivity contribution in [2.75, 3.05) is 11.8 Å². The maximum Gasteiger partial charge on any atom is 0.262 e. The van der Waals surface area contributed by atoms with Crippen molar-refractivity contribution < 1.29 is 13.2 Å². The van der Waals surface area contributed by atoms with Crippen LogP contribution in [-0.4, -0.2) is 25.3 Å². The molecule has 0 amide bonds. The summed E-state index contributed by atoms with van der Waals surface area (Å²) in [5.74, 6) is 0.769. The van der Waals surface area contributed by atoms with Crippen molar-refractivity contribution in [3.63, 3.8) is 0 Å². The summed E-state index contributed by atoms with van der Waals surface area (Å²) in [6, 6.07) is 14.2. The number of methoxy groups -OCH3 is 1. The normalized spacial score (nSPS) is 11.4. The number of nitrogens with zero attached hydrogens (tertiary/aromatic N) is 2. The van der Waals surface area contributed by atoms with Gasteiger partial charge in [0.15, 0.2) is 0 Å². The molecule has 2 aromatic carbocycles. The Morgan fingerprint density at radius 3 is 2.52 bits per heavy atom. The average Bonchev–Trinajstić information content (AvgIpc) is 2.89. The number of ether oxygens (including phenoxy) is 1. The van der Waals surface area contributed by atoms with E-state index in [-0.39, 0.29) is 4.90 Å². The van der Waals surface area contributed by atoms with Crippen LogP contribution in [0, 0.1) is 13.8 Å². The molecular weight excluding hydrogens is 430 g/mol. The number of aryl methyl sites for hydroxylation is 1. The highest BCUT2D eigenvalue weighted by molar-refractivity contribution is 9.10. The van der Waals surface area contributed by atoms with E-state index in [9.17, 15) is 8.42 Å². The lowest BCUT2D eigenvalue weighted by molar-refractivity contribution is 0.414. The van der Waals surface area contributed by atoms with Crippen molar-refractivity contribution in [1.82, 2.24) is 9.78 Å². The number of sulfonamides is 1. The minimum absolute atomic E-state index is 0.199. The van der Waals surface area contributed by atoms with Gasteiger partial charge in [0.1, 0.15) is 5.75 Å². The number of anilines is 1. The molecule has 1 heterocycles. The van der Waals surface area contributed by atoms with Gasteiger partial charge >= 0.3 is 0 Å². The van der Waals surface area contributed by atoms with Crippen LogP contribution in [0.1, 0.15) is 17.0 Å². The van der Waals surface area contributed by atoms with Crippen LogP contribution in [0.5, 0.6) is 5.75 Å². The number of halogens is 1. The maximum absolute atomic E-state index is 12.7. The summed E-state index contributed by atoms with van der Waals surface area (Å²) in [5.41, 5.74) is 2.88. The molecule has 0 aliphatic heterocycles. The van der Waals surface area contributed by atoms with Crippen LogP contribution in [0.3, 0.4) is 0 Å². The highest BCUT2D eigenvalue weighted by Gasteiger charge is 2.20. The van der Waals surface area contributed by atoms with E-state index in [0.29, 0.717) is 17.9 Å². The topological polar surface area (TPSA) is 73.2 Å². The van der Waals surface area contributed by atoms with E-state index in [1.165, 1.54) is 0 Å². The monoisotopic (exact) mass is 449 g/mol. The molecule has 0 unspecified atom stereocenters. The van der Waals surface area contributed by atoms with E-state index in [2.05, 4.69) is 25.8 Å². The van der Waals surface area contributed by atoms with Crippen molar-refractivity contribution >= 4 is 31.6 Å². The zero-order valence-electron chi connectivity index (χ0n) is 15.2. The molecule has 6 nitrogen and oxygen atoms in total. The Labute approximate surface area is 167 Å². The van der Waals surface area contributed by atoms with Gasteiger partial charge in [-0.05, 0) is 55.8 Å². The summed E-state index contributed by atoms with van der Waals surface area (Å²) in [7, 11) is -2.07. The van der Waals surface area contributed by atoms with Crippen molar-refractivity contribution in [1.29, 1.82) is 0 Å². The first kappa shape index (κ1) is 19.4. The van der Waals surface area contributed by atoms with Gasteiger partial charge in [0.05, 0.1) is 35.6 Å². The molecule has 0 saturated heterocycles. The second-order valence-corrected chi connectivity index (χ2v) is 8.71. The van der Waals surface area contributed by atoms with E-state index in [0.717, 1.165) is 21.5 Å². The molecule has 0 spiro atoms. The van der Waals surface area contributed by atoms with Crippen molar-refractivity contribution in [2.45, 2.75) is 25.3 Å². The molecule has 1 aromatic heterocycles. The third kappa shape index (κ3) is 4.33. The van der Waals surface area contributed by atoms with Gasteiger partial charge in [-0.1, -0.05) is 28.1 Å². The van der Waals surface area contributed by atoms with Gasteiger partial charge in [0, 0.05) is 4.47 Å². The Morgan fingerprint density at radius 1 is 1.15 bits per heavy atom. The van der Waals surface area contributed by atoms with Crippen LogP contribution < -0.4 is 9.46 Å². The molecule has 3 aromatic rings. The number of nitrogens with one attached hydrogen (secondary N) is 1. The quantitative estimate of drug-likeness (QED) is 0.613. The SMILES string of the molecule is COc1cccc(Cn2nc(C)c(NS(=O)(=O)c3ccc(Br)cc3)c2C)c1. The molecule has 0 atom stereocenters. The summed E-state index contributed by atoms with van der Waals surface area (Å²) >= 11 is 3.31. The minimum Gasteiger partial charge on any atom is -0.497 e. The van der Waals surface area contributed by atoms with Gasteiger partial charge < -0.3 is 4.74 Å². The number of hydrogen-bond acceptors (Lipinski definition) is 4. The molecule has 0 fully saturated rings. The molecule has 0 saturated carbocycles. The zero-order valence-corrected chi connectivity index (χ0v) is 17.6. The molecule has 0 aliphatic rings. The Hall–Kier alpha value is -2.32. The smallest absolute Gasteiger partial charge is 0.262 e. The highest BCUT2D eigenvalue weighted by atomic mass is 79.9. The molecular formula is C19H20BrN3O3S. The molecule has 1 N–H and O–H groups in total. The van der Waals surface area contributed by atoms with Crippen LogP contribution in [0.4, 0.5) is 5.69 Å². The zero-order chi connectivity index (χ0) is 19.6. The molecule has 3 rings (SSSR count). The fourth-order valence-electron chi connectivity index (χ4n) is 2.75. The molecule has 0 aliphatic carbocycles.